The normalized spacial score (nSPS) is 18.6. The van der Waals surface area contributed by atoms with Gasteiger partial charge in [0.1, 0.15) is 17.3 Å². The molecule has 3 rings (SSSR count). The molecule has 2 aromatic rings. The Morgan fingerprint density at radius 2 is 1.67 bits per heavy atom. The molecule has 0 amide bonds. The number of ether oxygens (including phenoxy) is 2. The highest BCUT2D eigenvalue weighted by Gasteiger charge is 2.27. The Morgan fingerprint density at radius 3 is 2.30 bits per heavy atom. The quantitative estimate of drug-likeness (QED) is 0.365. The van der Waals surface area contributed by atoms with Gasteiger partial charge in [-0.15, -0.1) is 0 Å². The van der Waals surface area contributed by atoms with Crippen LogP contribution in [0.3, 0.4) is 0 Å². The molecular formula is C24H26ClFO4. The summed E-state index contributed by atoms with van der Waals surface area (Å²) in [7, 11) is 0. The summed E-state index contributed by atoms with van der Waals surface area (Å²) in [6, 6.07) is 9.53. The lowest BCUT2D eigenvalue weighted by Crippen LogP contribution is -2.25. The number of hydrogen-bond donors (Lipinski definition) is 0. The summed E-state index contributed by atoms with van der Waals surface area (Å²) in [6.07, 6.45) is 7.52. The van der Waals surface area contributed by atoms with Crippen molar-refractivity contribution in [2.75, 3.05) is 0 Å². The van der Waals surface area contributed by atoms with E-state index in [2.05, 4.69) is 6.92 Å². The molecule has 0 N–H and O–H groups in total. The first kappa shape index (κ1) is 22.3. The molecule has 0 atom stereocenters. The number of rotatable bonds is 7. The lowest BCUT2D eigenvalue weighted by molar-refractivity contribution is -0.140. The van der Waals surface area contributed by atoms with Crippen molar-refractivity contribution in [2.45, 2.75) is 51.9 Å². The molecule has 1 aliphatic carbocycles. The van der Waals surface area contributed by atoms with Gasteiger partial charge in [-0.25, -0.2) is 9.18 Å². The van der Waals surface area contributed by atoms with Crippen molar-refractivity contribution in [3.8, 4) is 11.5 Å². The summed E-state index contributed by atoms with van der Waals surface area (Å²) in [5.41, 5.74) is 0.136. The van der Waals surface area contributed by atoms with Crippen LogP contribution in [-0.4, -0.2) is 11.9 Å². The van der Waals surface area contributed by atoms with Gasteiger partial charge in [-0.05, 0) is 68.0 Å². The van der Waals surface area contributed by atoms with Gasteiger partial charge in [0, 0.05) is 6.07 Å². The number of halogens is 2. The number of hydrogen-bond acceptors (Lipinski definition) is 4. The van der Waals surface area contributed by atoms with E-state index in [1.807, 2.05) is 0 Å². The zero-order valence-corrected chi connectivity index (χ0v) is 17.8. The van der Waals surface area contributed by atoms with E-state index in [1.165, 1.54) is 61.7 Å². The third kappa shape index (κ3) is 6.05. The first-order chi connectivity index (χ1) is 14.5. The summed E-state index contributed by atoms with van der Waals surface area (Å²) in [5, 5.41) is 0.121. The molecule has 0 saturated heterocycles. The third-order valence-corrected chi connectivity index (χ3v) is 5.86. The molecule has 0 unspecified atom stereocenters. The number of carbonyl (C=O) groups is 2. The van der Waals surface area contributed by atoms with Crippen LogP contribution >= 0.6 is 11.6 Å². The first-order valence-electron chi connectivity index (χ1n) is 10.4. The lowest BCUT2D eigenvalue weighted by Gasteiger charge is -2.27. The fourth-order valence-electron chi connectivity index (χ4n) is 3.77. The molecule has 6 heteroatoms. The van der Waals surface area contributed by atoms with Gasteiger partial charge in [-0.1, -0.05) is 37.8 Å². The van der Waals surface area contributed by atoms with E-state index >= 15 is 0 Å². The van der Waals surface area contributed by atoms with Crippen molar-refractivity contribution in [2.24, 2.45) is 11.8 Å². The Labute approximate surface area is 181 Å². The monoisotopic (exact) mass is 432 g/mol. The molecule has 160 valence electrons. The van der Waals surface area contributed by atoms with E-state index in [0.29, 0.717) is 5.75 Å². The van der Waals surface area contributed by atoms with E-state index in [4.69, 9.17) is 21.1 Å². The summed E-state index contributed by atoms with van der Waals surface area (Å²) in [4.78, 5) is 24.8. The predicted octanol–water partition coefficient (Wildman–Crippen LogP) is 6.60. The Bertz CT molecular complexity index is 873. The Morgan fingerprint density at radius 1 is 1.00 bits per heavy atom. The van der Waals surface area contributed by atoms with Crippen molar-refractivity contribution < 1.29 is 23.5 Å². The van der Waals surface area contributed by atoms with Crippen LogP contribution in [0.1, 0.15) is 62.2 Å². The van der Waals surface area contributed by atoms with E-state index in [0.717, 1.165) is 31.6 Å². The average molecular weight is 433 g/mol. The van der Waals surface area contributed by atoms with Crippen LogP contribution in [0.15, 0.2) is 42.5 Å². The van der Waals surface area contributed by atoms with E-state index in [9.17, 15) is 14.0 Å². The number of benzene rings is 2. The van der Waals surface area contributed by atoms with Crippen LogP contribution in [0.4, 0.5) is 4.39 Å². The zero-order valence-electron chi connectivity index (χ0n) is 17.0. The second kappa shape index (κ2) is 10.6. The molecular weight excluding hydrogens is 407 g/mol. The topological polar surface area (TPSA) is 52.6 Å². The maximum Gasteiger partial charge on any atom is 0.345 e. The van der Waals surface area contributed by atoms with Crippen molar-refractivity contribution in [3.05, 3.63) is 58.9 Å². The smallest absolute Gasteiger partial charge is 0.345 e. The van der Waals surface area contributed by atoms with E-state index < -0.39 is 11.8 Å². The molecule has 4 nitrogen and oxygen atoms in total. The minimum atomic E-state index is -0.671. The SMILES string of the molecule is CCCCC1CCC(C(=O)Oc2ccc(C(=O)Oc3ccc(F)cc3)c(Cl)c2)CC1. The molecule has 0 aliphatic heterocycles. The van der Waals surface area contributed by atoms with Crippen molar-refractivity contribution in [1.29, 1.82) is 0 Å². The predicted molar refractivity (Wildman–Crippen MR) is 113 cm³/mol. The van der Waals surface area contributed by atoms with Crippen LogP contribution < -0.4 is 9.47 Å². The van der Waals surface area contributed by atoms with Crippen LogP contribution in [0.5, 0.6) is 11.5 Å². The number of carbonyl (C=O) groups excluding carboxylic acids is 2. The minimum absolute atomic E-state index is 0.0928. The highest BCUT2D eigenvalue weighted by molar-refractivity contribution is 6.33. The summed E-state index contributed by atoms with van der Waals surface area (Å²) < 4.78 is 23.7. The second-order valence-corrected chi connectivity index (χ2v) is 8.17. The molecule has 1 fully saturated rings. The molecule has 0 spiro atoms. The van der Waals surface area contributed by atoms with Crippen molar-refractivity contribution in [1.82, 2.24) is 0 Å². The van der Waals surface area contributed by atoms with Gasteiger partial charge in [-0.3, -0.25) is 4.79 Å². The van der Waals surface area contributed by atoms with Gasteiger partial charge < -0.3 is 9.47 Å². The number of unbranched alkanes of at least 4 members (excludes halogenated alkanes) is 1. The van der Waals surface area contributed by atoms with Gasteiger partial charge in [0.05, 0.1) is 16.5 Å². The van der Waals surface area contributed by atoms with Gasteiger partial charge in [0.15, 0.2) is 0 Å². The molecule has 1 aliphatic rings. The molecule has 0 bridgehead atoms. The molecule has 2 aromatic carbocycles. The molecule has 0 aromatic heterocycles. The highest BCUT2D eigenvalue weighted by Crippen LogP contribution is 2.33. The minimum Gasteiger partial charge on any atom is -0.426 e. The van der Waals surface area contributed by atoms with Crippen LogP contribution in [0, 0.1) is 17.7 Å². The average Bonchev–Trinajstić information content (AvgIpc) is 2.74. The van der Waals surface area contributed by atoms with Gasteiger partial charge in [0.25, 0.3) is 0 Å². The second-order valence-electron chi connectivity index (χ2n) is 7.77. The van der Waals surface area contributed by atoms with Gasteiger partial charge in [0.2, 0.25) is 0 Å². The molecule has 30 heavy (non-hydrogen) atoms. The van der Waals surface area contributed by atoms with Crippen LogP contribution in [0.25, 0.3) is 0 Å². The summed E-state index contributed by atoms with van der Waals surface area (Å²) in [5.74, 6) is -0.205. The van der Waals surface area contributed by atoms with Crippen LogP contribution in [-0.2, 0) is 4.79 Å². The van der Waals surface area contributed by atoms with E-state index in [-0.39, 0.29) is 28.2 Å². The fraction of sp³-hybridized carbons (Fsp3) is 0.417. The number of esters is 2. The van der Waals surface area contributed by atoms with Gasteiger partial charge in [-0.2, -0.15) is 0 Å². The fourth-order valence-corrected chi connectivity index (χ4v) is 4.02. The summed E-state index contributed by atoms with van der Waals surface area (Å²) in [6.45, 7) is 2.20. The van der Waals surface area contributed by atoms with Gasteiger partial charge >= 0.3 is 11.9 Å². The highest BCUT2D eigenvalue weighted by atomic mass is 35.5. The van der Waals surface area contributed by atoms with E-state index in [1.54, 1.807) is 0 Å². The lowest BCUT2D eigenvalue weighted by atomic mass is 9.80. The van der Waals surface area contributed by atoms with Crippen molar-refractivity contribution in [3.63, 3.8) is 0 Å². The third-order valence-electron chi connectivity index (χ3n) is 5.55. The molecule has 0 heterocycles. The largest absolute Gasteiger partial charge is 0.426 e. The maximum absolute atomic E-state index is 13.0. The van der Waals surface area contributed by atoms with Crippen molar-refractivity contribution >= 4 is 23.5 Å². The van der Waals surface area contributed by atoms with Crippen LogP contribution in [0.2, 0.25) is 5.02 Å². The maximum atomic E-state index is 13.0. The molecule has 0 radical (unpaired) electrons. The zero-order chi connectivity index (χ0) is 21.5. The standard InChI is InChI=1S/C24H26ClFO4/c1-2-3-4-16-5-7-17(8-6-16)23(27)30-20-13-14-21(22(25)15-20)24(28)29-19-11-9-18(26)10-12-19/h9-17H,2-8H2,1H3. The first-order valence-corrected chi connectivity index (χ1v) is 10.8. The molecule has 1 saturated carbocycles. The Kier molecular flexibility index (Phi) is 7.86. The Hall–Kier alpha value is -2.40. The Balaban J connectivity index is 1.55. The summed E-state index contributed by atoms with van der Waals surface area (Å²) >= 11 is 6.20.